The maximum Gasteiger partial charge on any atom is 0.252 e. The highest BCUT2D eigenvalue weighted by molar-refractivity contribution is 5.96. The molecule has 2 N–H and O–H groups in total. The second-order valence-electron chi connectivity index (χ2n) is 5.27. The van der Waals surface area contributed by atoms with Gasteiger partial charge in [-0.1, -0.05) is 0 Å². The van der Waals surface area contributed by atoms with Gasteiger partial charge in [0.05, 0.1) is 33.0 Å². The number of nitrogens with one attached hydrogen (secondary N) is 1. The Balaban J connectivity index is 3.16. The fourth-order valence-electron chi connectivity index (χ4n) is 1.68. The van der Waals surface area contributed by atoms with Gasteiger partial charge in [-0.3, -0.25) is 4.79 Å². The Morgan fingerprint density at radius 1 is 1.14 bits per heavy atom. The van der Waals surface area contributed by atoms with Crippen LogP contribution in [-0.2, 0) is 0 Å². The number of hydrogen-bond donors (Lipinski definition) is 2. The Hall–Kier alpha value is -1.95. The van der Waals surface area contributed by atoms with E-state index < -0.39 is 11.6 Å². The van der Waals surface area contributed by atoms with Crippen molar-refractivity contribution in [2.75, 3.05) is 21.3 Å². The van der Waals surface area contributed by atoms with E-state index in [2.05, 4.69) is 5.32 Å². The van der Waals surface area contributed by atoms with Crippen molar-refractivity contribution in [2.24, 2.45) is 0 Å². The molecule has 1 aromatic carbocycles. The molecule has 1 rings (SSSR count). The molecule has 0 aliphatic carbocycles. The minimum Gasteiger partial charge on any atom is -0.493 e. The lowest BCUT2D eigenvalue weighted by Gasteiger charge is -2.29. The van der Waals surface area contributed by atoms with E-state index in [1.54, 1.807) is 32.9 Å². The molecule has 6 heteroatoms. The van der Waals surface area contributed by atoms with E-state index in [9.17, 15) is 9.90 Å². The third kappa shape index (κ3) is 3.78. The number of carbonyl (C=O) groups excluding carboxylic acids is 1. The first-order chi connectivity index (χ1) is 9.76. The van der Waals surface area contributed by atoms with E-state index in [0.717, 1.165) is 0 Å². The van der Waals surface area contributed by atoms with Gasteiger partial charge in [-0.2, -0.15) is 0 Å². The van der Waals surface area contributed by atoms with Gasteiger partial charge in [-0.05, 0) is 32.9 Å². The summed E-state index contributed by atoms with van der Waals surface area (Å²) in [6.45, 7) is 5.11. The number of ether oxygens (including phenoxy) is 3. The summed E-state index contributed by atoms with van der Waals surface area (Å²) < 4.78 is 15.6. The van der Waals surface area contributed by atoms with Crippen LogP contribution in [0, 0.1) is 0 Å². The van der Waals surface area contributed by atoms with Gasteiger partial charge in [-0.15, -0.1) is 0 Å². The van der Waals surface area contributed by atoms with E-state index in [-0.39, 0.29) is 5.91 Å². The average molecular weight is 297 g/mol. The molecule has 0 aliphatic rings. The van der Waals surface area contributed by atoms with Gasteiger partial charge in [0.2, 0.25) is 5.75 Å². The normalized spacial score (nSPS) is 12.5. The Morgan fingerprint density at radius 3 is 1.95 bits per heavy atom. The van der Waals surface area contributed by atoms with Crippen molar-refractivity contribution in [1.29, 1.82) is 0 Å². The Labute approximate surface area is 125 Å². The second kappa shape index (κ2) is 6.67. The zero-order valence-corrected chi connectivity index (χ0v) is 13.3. The van der Waals surface area contributed by atoms with Gasteiger partial charge in [0, 0.05) is 5.56 Å². The van der Waals surface area contributed by atoms with Crippen LogP contribution < -0.4 is 19.5 Å². The van der Waals surface area contributed by atoms with Crippen molar-refractivity contribution in [3.63, 3.8) is 0 Å². The van der Waals surface area contributed by atoms with Gasteiger partial charge in [0.15, 0.2) is 11.5 Å². The summed E-state index contributed by atoms with van der Waals surface area (Å²) in [6.07, 6.45) is -0.691. The SMILES string of the molecule is COc1cc(C(=O)NC(C)(C)C(C)O)cc(OC)c1OC. The fraction of sp³-hybridized carbons (Fsp3) is 0.533. The monoisotopic (exact) mass is 297 g/mol. The molecule has 0 aromatic heterocycles. The predicted molar refractivity (Wildman–Crippen MR) is 79.3 cm³/mol. The summed E-state index contributed by atoms with van der Waals surface area (Å²) in [5, 5.41) is 12.4. The molecule has 1 aromatic rings. The summed E-state index contributed by atoms with van der Waals surface area (Å²) in [5.41, 5.74) is -0.393. The number of hydrogen-bond acceptors (Lipinski definition) is 5. The van der Waals surface area contributed by atoms with Crippen molar-refractivity contribution < 1.29 is 24.1 Å². The molecule has 118 valence electrons. The average Bonchev–Trinajstić information content (AvgIpc) is 2.44. The van der Waals surface area contributed by atoms with Crippen LogP contribution in [0.25, 0.3) is 0 Å². The van der Waals surface area contributed by atoms with Crippen molar-refractivity contribution in [1.82, 2.24) is 5.32 Å². The molecular weight excluding hydrogens is 274 g/mol. The highest BCUT2D eigenvalue weighted by Crippen LogP contribution is 2.38. The lowest BCUT2D eigenvalue weighted by molar-refractivity contribution is 0.0709. The standard InChI is InChI=1S/C15H23NO5/c1-9(17)15(2,3)16-14(18)10-7-11(19-4)13(21-6)12(8-10)20-5/h7-9,17H,1-6H3,(H,16,18). The maximum atomic E-state index is 12.3. The number of methoxy groups -OCH3 is 3. The van der Waals surface area contributed by atoms with Gasteiger partial charge < -0.3 is 24.6 Å². The zero-order chi connectivity index (χ0) is 16.2. The molecule has 0 aliphatic heterocycles. The first-order valence-corrected chi connectivity index (χ1v) is 6.57. The third-order valence-corrected chi connectivity index (χ3v) is 3.41. The molecule has 0 spiro atoms. The van der Waals surface area contributed by atoms with E-state index >= 15 is 0 Å². The largest absolute Gasteiger partial charge is 0.493 e. The van der Waals surface area contributed by atoms with Gasteiger partial charge >= 0.3 is 0 Å². The number of amides is 1. The quantitative estimate of drug-likeness (QED) is 0.834. The smallest absolute Gasteiger partial charge is 0.252 e. The van der Waals surface area contributed by atoms with Gasteiger partial charge in [0.1, 0.15) is 0 Å². The fourth-order valence-corrected chi connectivity index (χ4v) is 1.68. The van der Waals surface area contributed by atoms with Gasteiger partial charge in [0.25, 0.3) is 5.91 Å². The minimum atomic E-state index is -0.752. The molecule has 0 saturated carbocycles. The van der Waals surface area contributed by atoms with Crippen LogP contribution in [0.1, 0.15) is 31.1 Å². The van der Waals surface area contributed by atoms with Crippen LogP contribution in [0.3, 0.4) is 0 Å². The highest BCUT2D eigenvalue weighted by Gasteiger charge is 2.27. The van der Waals surface area contributed by atoms with E-state index in [4.69, 9.17) is 14.2 Å². The molecule has 6 nitrogen and oxygen atoms in total. The van der Waals surface area contributed by atoms with Gasteiger partial charge in [-0.25, -0.2) is 0 Å². The summed E-state index contributed by atoms with van der Waals surface area (Å²) in [7, 11) is 4.47. The number of benzene rings is 1. The van der Waals surface area contributed by atoms with E-state index in [1.165, 1.54) is 21.3 Å². The molecule has 1 unspecified atom stereocenters. The van der Waals surface area contributed by atoms with Crippen LogP contribution in [0.15, 0.2) is 12.1 Å². The summed E-state index contributed by atoms with van der Waals surface area (Å²) in [6, 6.07) is 3.13. The number of aliphatic hydroxyl groups is 1. The third-order valence-electron chi connectivity index (χ3n) is 3.41. The van der Waals surface area contributed by atoms with Crippen LogP contribution >= 0.6 is 0 Å². The molecule has 0 fully saturated rings. The second-order valence-corrected chi connectivity index (χ2v) is 5.27. The number of rotatable bonds is 6. The molecule has 1 amide bonds. The molecule has 0 radical (unpaired) electrons. The molecule has 21 heavy (non-hydrogen) atoms. The number of aliphatic hydroxyl groups excluding tert-OH is 1. The van der Waals surface area contributed by atoms with Crippen molar-refractivity contribution in [2.45, 2.75) is 32.4 Å². The van der Waals surface area contributed by atoms with Crippen LogP contribution in [0.5, 0.6) is 17.2 Å². The van der Waals surface area contributed by atoms with Crippen molar-refractivity contribution in [3.8, 4) is 17.2 Å². The molecule has 0 saturated heterocycles. The molecule has 1 atom stereocenters. The molecule has 0 heterocycles. The first kappa shape index (κ1) is 17.1. The van der Waals surface area contributed by atoms with Crippen molar-refractivity contribution in [3.05, 3.63) is 17.7 Å². The van der Waals surface area contributed by atoms with Crippen LogP contribution in [0.4, 0.5) is 0 Å². The predicted octanol–water partition coefficient (Wildman–Crippen LogP) is 1.60. The van der Waals surface area contributed by atoms with Crippen LogP contribution in [-0.4, -0.2) is 44.0 Å². The summed E-state index contributed by atoms with van der Waals surface area (Å²) in [5.74, 6) is 0.889. The highest BCUT2D eigenvalue weighted by atomic mass is 16.5. The Bertz CT molecular complexity index is 486. The maximum absolute atomic E-state index is 12.3. The Morgan fingerprint density at radius 2 is 1.62 bits per heavy atom. The van der Waals surface area contributed by atoms with Crippen molar-refractivity contribution >= 4 is 5.91 Å². The molecular formula is C15H23NO5. The minimum absolute atomic E-state index is 0.333. The van der Waals surface area contributed by atoms with Crippen LogP contribution in [0.2, 0.25) is 0 Å². The summed E-state index contributed by atoms with van der Waals surface area (Å²) >= 11 is 0. The summed E-state index contributed by atoms with van der Waals surface area (Å²) in [4.78, 5) is 12.3. The zero-order valence-electron chi connectivity index (χ0n) is 13.3. The lowest BCUT2D eigenvalue weighted by Crippen LogP contribution is -2.50. The Kier molecular flexibility index (Phi) is 5.43. The lowest BCUT2D eigenvalue weighted by atomic mass is 9.98. The first-order valence-electron chi connectivity index (χ1n) is 6.57. The van der Waals surface area contributed by atoms with E-state index in [0.29, 0.717) is 22.8 Å². The number of carbonyl (C=O) groups is 1. The molecule has 0 bridgehead atoms. The van der Waals surface area contributed by atoms with E-state index in [1.807, 2.05) is 0 Å². The topological polar surface area (TPSA) is 77.0 Å².